The molecule has 3 aromatic carbocycles. The molecule has 15 heteroatoms. The van der Waals surface area contributed by atoms with Gasteiger partial charge in [0.1, 0.15) is 12.2 Å². The van der Waals surface area contributed by atoms with Gasteiger partial charge in [0, 0.05) is 19.3 Å². The van der Waals surface area contributed by atoms with Crippen molar-refractivity contribution in [1.82, 2.24) is 0 Å². The molecule has 3 saturated carbocycles. The van der Waals surface area contributed by atoms with E-state index in [1.165, 1.54) is 18.9 Å². The third-order valence-corrected chi connectivity index (χ3v) is 19.2. The van der Waals surface area contributed by atoms with Crippen LogP contribution in [0.15, 0.2) is 103 Å². The third-order valence-electron chi connectivity index (χ3n) is 19.2. The van der Waals surface area contributed by atoms with E-state index in [1.807, 2.05) is 0 Å². The molecule has 1 N–H and O–H groups in total. The Morgan fingerprint density at radius 3 is 1.88 bits per heavy atom. The first kappa shape index (κ1) is 53.0. The molecular formula is C61H74O15. The van der Waals surface area contributed by atoms with Gasteiger partial charge < -0.3 is 52.5 Å². The molecule has 11 rings (SSSR count). The quantitative estimate of drug-likeness (QED) is 0.109. The largest absolute Gasteiger partial charge is 0.457 e. The number of rotatable bonds is 11. The molecule has 4 aliphatic carbocycles. The number of ether oxygens (including phenoxy) is 10. The predicted octanol–water partition coefficient (Wildman–Crippen LogP) is 9.19. The summed E-state index contributed by atoms with van der Waals surface area (Å²) >= 11 is 0. The molecule has 4 heterocycles. The molecule has 76 heavy (non-hydrogen) atoms. The lowest BCUT2D eigenvalue weighted by molar-refractivity contribution is -0.356. The van der Waals surface area contributed by atoms with Crippen LogP contribution < -0.4 is 0 Å². The number of esters is 4. The first-order valence-electron chi connectivity index (χ1n) is 27.8. The van der Waals surface area contributed by atoms with E-state index in [-0.39, 0.29) is 46.3 Å². The van der Waals surface area contributed by atoms with Gasteiger partial charge in [-0.05, 0) is 135 Å². The molecule has 0 bridgehead atoms. The predicted molar refractivity (Wildman–Crippen MR) is 274 cm³/mol. The van der Waals surface area contributed by atoms with Gasteiger partial charge in [-0.15, -0.1) is 0 Å². The summed E-state index contributed by atoms with van der Waals surface area (Å²) in [5, 5.41) is 12.2. The Labute approximate surface area is 445 Å². The Balaban J connectivity index is 0.850. The van der Waals surface area contributed by atoms with Gasteiger partial charge >= 0.3 is 23.9 Å². The van der Waals surface area contributed by atoms with Crippen molar-refractivity contribution in [2.75, 3.05) is 13.2 Å². The molecule has 0 radical (unpaired) electrons. The van der Waals surface area contributed by atoms with E-state index in [0.717, 1.165) is 51.6 Å². The number of aliphatic hydroxyl groups excluding tert-OH is 1. The van der Waals surface area contributed by atoms with Crippen LogP contribution in [0.4, 0.5) is 0 Å². The summed E-state index contributed by atoms with van der Waals surface area (Å²) in [5.74, 6) is -0.374. The van der Waals surface area contributed by atoms with E-state index in [4.69, 9.17) is 47.4 Å². The second-order valence-corrected chi connectivity index (χ2v) is 23.6. The fourth-order valence-corrected chi connectivity index (χ4v) is 15.2. The second kappa shape index (κ2) is 21.3. The molecule has 1 spiro atoms. The van der Waals surface area contributed by atoms with Crippen LogP contribution in [-0.4, -0.2) is 116 Å². The number of carbonyl (C=O) groups is 4. The van der Waals surface area contributed by atoms with Crippen molar-refractivity contribution in [3.05, 3.63) is 119 Å². The van der Waals surface area contributed by atoms with Crippen LogP contribution in [0.2, 0.25) is 0 Å². The maximum Gasteiger partial charge on any atom is 0.338 e. The van der Waals surface area contributed by atoms with Gasteiger partial charge in [0.25, 0.3) is 0 Å². The van der Waals surface area contributed by atoms with Crippen LogP contribution in [0.5, 0.6) is 0 Å². The second-order valence-electron chi connectivity index (χ2n) is 23.6. The van der Waals surface area contributed by atoms with Crippen molar-refractivity contribution >= 4 is 23.9 Å². The highest BCUT2D eigenvalue weighted by atomic mass is 16.8. The Morgan fingerprint density at radius 2 is 1.28 bits per heavy atom. The highest BCUT2D eigenvalue weighted by Crippen LogP contribution is 2.70. The van der Waals surface area contributed by atoms with Crippen LogP contribution in [0.1, 0.15) is 130 Å². The van der Waals surface area contributed by atoms with E-state index in [0.29, 0.717) is 41.9 Å². The van der Waals surface area contributed by atoms with Gasteiger partial charge in [0.05, 0.1) is 48.2 Å². The van der Waals surface area contributed by atoms with E-state index < -0.39 is 85.0 Å². The summed E-state index contributed by atoms with van der Waals surface area (Å²) in [6.45, 7) is 13.1. The van der Waals surface area contributed by atoms with E-state index in [9.17, 15) is 24.3 Å². The highest BCUT2D eigenvalue weighted by Gasteiger charge is 2.69. The first-order chi connectivity index (χ1) is 36.5. The minimum Gasteiger partial charge on any atom is -0.457 e. The molecule has 0 unspecified atom stereocenters. The van der Waals surface area contributed by atoms with Gasteiger partial charge in [0.15, 0.2) is 42.8 Å². The summed E-state index contributed by atoms with van der Waals surface area (Å²) in [5.41, 5.74) is 2.14. The molecule has 0 amide bonds. The normalized spacial score (nSPS) is 41.5. The molecule has 8 aliphatic rings. The van der Waals surface area contributed by atoms with Gasteiger partial charge in [-0.25, -0.2) is 14.4 Å². The van der Waals surface area contributed by atoms with Gasteiger partial charge in [-0.3, -0.25) is 4.79 Å². The summed E-state index contributed by atoms with van der Waals surface area (Å²) in [7, 11) is 0. The zero-order valence-corrected chi connectivity index (χ0v) is 44.5. The number of benzene rings is 3. The summed E-state index contributed by atoms with van der Waals surface area (Å²) in [4.78, 5) is 54.4. The van der Waals surface area contributed by atoms with E-state index in [2.05, 4.69) is 33.8 Å². The Kier molecular flexibility index (Phi) is 14.9. The molecule has 0 aromatic heterocycles. The molecule has 20 atom stereocenters. The SMILES string of the molecule is CC(=O)O[C@H]1CO[C@@H](O[C@H]2CC[C@@]3(C)C(=CC[C@H]4[C@@H]5C[C@@H]6O[C@]7(CC[C@@H](C)CO7)[C@@H](C)[C@@H]6[C@@]5(C)CC[C@@H]43)C2)[C@H](O[C@@H]2O[C@@H](C)[C@H](OC(=O)c3ccccc3)[C@@H](OC(=O)c3ccccc3)[C@H]2OC(=O)c2ccccc2)[C@H]1O. The first-order valence-corrected chi connectivity index (χ1v) is 27.8. The number of carbonyl (C=O) groups excluding carboxylic acids is 4. The van der Waals surface area contributed by atoms with Crippen molar-refractivity contribution in [3.63, 3.8) is 0 Å². The maximum atomic E-state index is 14.1. The number of hydrogen-bond donors (Lipinski definition) is 1. The number of fused-ring (bicyclic) bond motifs is 7. The molecule has 15 nitrogen and oxygen atoms in total. The van der Waals surface area contributed by atoms with Crippen LogP contribution >= 0.6 is 0 Å². The lowest BCUT2D eigenvalue weighted by Gasteiger charge is -2.58. The molecule has 408 valence electrons. The Morgan fingerprint density at radius 1 is 0.658 bits per heavy atom. The van der Waals surface area contributed by atoms with Crippen molar-refractivity contribution in [2.24, 2.45) is 46.3 Å². The van der Waals surface area contributed by atoms with Crippen molar-refractivity contribution in [2.45, 2.75) is 173 Å². The molecule has 3 aromatic rings. The number of aliphatic hydroxyl groups is 1. The van der Waals surface area contributed by atoms with Crippen molar-refractivity contribution < 1.29 is 71.7 Å². The zero-order chi connectivity index (χ0) is 53.1. The van der Waals surface area contributed by atoms with Crippen LogP contribution in [0.3, 0.4) is 0 Å². The minimum absolute atomic E-state index is 0.0178. The molecule has 4 aliphatic heterocycles. The maximum absolute atomic E-state index is 14.1. The standard InChI is InChI=1S/C61H74O15/c1-34-24-29-61(68-32-34)35(2)48-46(76-61)31-45-43-23-22-41-30-42(25-27-59(41,5)44(43)26-28-60(45,48)6)71-57-51(49(63)47(33-67-57)70-37(4)62)75-58-53(74-56(66)40-20-14-9-15-21-40)52(73-55(65)39-18-12-8-13-19-39)50(36(3)69-58)72-54(64)38-16-10-7-11-17-38/h7-22,34-36,42-53,57-58,63H,23-33H2,1-6H3/t34-,35+,36+,42+,43-,44+,45+,46+,47+,48+,49+,50+,51-,52-,53-,57+,58+,59+,60+,61-/m1/s1. The highest BCUT2D eigenvalue weighted by molar-refractivity contribution is 5.91. The Bertz CT molecular complexity index is 2600. The average molecular weight is 1050 g/mol. The fraction of sp³-hybridized carbons (Fsp3) is 0.607. The Hall–Kier alpha value is -5.00. The van der Waals surface area contributed by atoms with E-state index in [1.54, 1.807) is 97.9 Å². The zero-order valence-electron chi connectivity index (χ0n) is 44.5. The van der Waals surface area contributed by atoms with Crippen molar-refractivity contribution in [3.8, 4) is 0 Å². The lowest BCUT2D eigenvalue weighted by atomic mass is 9.47. The third kappa shape index (κ3) is 9.85. The summed E-state index contributed by atoms with van der Waals surface area (Å²) < 4.78 is 64.3. The smallest absolute Gasteiger partial charge is 0.338 e. The summed E-state index contributed by atoms with van der Waals surface area (Å²) in [6, 6.07) is 24.8. The van der Waals surface area contributed by atoms with Gasteiger partial charge in [-0.2, -0.15) is 0 Å². The monoisotopic (exact) mass is 1050 g/mol. The number of hydrogen-bond acceptors (Lipinski definition) is 15. The molecular weight excluding hydrogens is 973 g/mol. The van der Waals surface area contributed by atoms with Crippen LogP contribution in [0, 0.1) is 46.3 Å². The van der Waals surface area contributed by atoms with Crippen molar-refractivity contribution in [1.29, 1.82) is 0 Å². The molecule has 7 fully saturated rings. The van der Waals surface area contributed by atoms with Gasteiger partial charge in [0.2, 0.25) is 0 Å². The molecule has 4 saturated heterocycles. The van der Waals surface area contributed by atoms with E-state index >= 15 is 0 Å². The number of allylic oxidation sites excluding steroid dienone is 1. The van der Waals surface area contributed by atoms with Crippen LogP contribution in [-0.2, 0) is 52.2 Å². The topological polar surface area (TPSA) is 181 Å². The lowest BCUT2D eigenvalue weighted by Crippen LogP contribution is -2.64. The van der Waals surface area contributed by atoms with Crippen LogP contribution in [0.25, 0.3) is 0 Å². The fourth-order valence-electron chi connectivity index (χ4n) is 15.2. The van der Waals surface area contributed by atoms with Gasteiger partial charge in [-0.1, -0.05) is 93.9 Å². The minimum atomic E-state index is -1.61. The average Bonchev–Trinajstić information content (AvgIpc) is 3.95. The summed E-state index contributed by atoms with van der Waals surface area (Å²) in [6.07, 6.45) is -1.21.